The van der Waals surface area contributed by atoms with Crippen LogP contribution in [0.25, 0.3) is 10.4 Å². The van der Waals surface area contributed by atoms with Crippen LogP contribution in [0, 0.1) is 11.7 Å². The van der Waals surface area contributed by atoms with Gasteiger partial charge in [-0.15, -0.1) is 11.3 Å². The average Bonchev–Trinajstić information content (AvgIpc) is 3.17. The Bertz CT molecular complexity index is 798. The summed E-state index contributed by atoms with van der Waals surface area (Å²) in [5.74, 6) is -0.871. The molecule has 0 saturated carbocycles. The number of rotatable bonds is 5. The highest BCUT2D eigenvalue weighted by atomic mass is 32.1. The third-order valence-corrected chi connectivity index (χ3v) is 4.97. The van der Waals surface area contributed by atoms with Crippen molar-refractivity contribution in [3.8, 4) is 10.4 Å². The van der Waals surface area contributed by atoms with Gasteiger partial charge in [-0.1, -0.05) is 12.1 Å². The molecule has 0 aliphatic carbocycles. The number of carbonyl (C=O) groups excluding carboxylic acids is 2. The van der Waals surface area contributed by atoms with Crippen LogP contribution in [0.3, 0.4) is 0 Å². The lowest BCUT2D eigenvalue weighted by Gasteiger charge is -2.08. The largest absolute Gasteiger partial charge is 0.351 e. The van der Waals surface area contributed by atoms with Crippen molar-refractivity contribution in [3.63, 3.8) is 0 Å². The van der Waals surface area contributed by atoms with Crippen molar-refractivity contribution >= 4 is 28.9 Å². The number of amides is 2. The lowest BCUT2D eigenvalue weighted by atomic mass is 10.0. The number of carbonyl (C=O) groups is 2. The van der Waals surface area contributed by atoms with Crippen LogP contribution in [-0.2, 0) is 4.79 Å². The summed E-state index contributed by atoms with van der Waals surface area (Å²) in [6, 6.07) is 9.74. The molecular formula is C17H16FN3O2S. The third-order valence-electron chi connectivity index (χ3n) is 3.84. The van der Waals surface area contributed by atoms with Gasteiger partial charge in [0.1, 0.15) is 5.82 Å². The Morgan fingerprint density at radius 2 is 2.04 bits per heavy atom. The minimum atomic E-state index is -0.289. The van der Waals surface area contributed by atoms with E-state index in [1.807, 2.05) is 6.07 Å². The van der Waals surface area contributed by atoms with Crippen molar-refractivity contribution in [3.05, 3.63) is 47.1 Å². The molecule has 2 aromatic rings. The van der Waals surface area contributed by atoms with E-state index in [1.165, 1.54) is 23.5 Å². The predicted octanol–water partition coefficient (Wildman–Crippen LogP) is 2.80. The second kappa shape index (κ2) is 6.92. The second-order valence-electron chi connectivity index (χ2n) is 5.50. The highest BCUT2D eigenvalue weighted by Crippen LogP contribution is 2.28. The van der Waals surface area contributed by atoms with Crippen LogP contribution in [0.1, 0.15) is 23.0 Å². The van der Waals surface area contributed by atoms with E-state index in [-0.39, 0.29) is 23.5 Å². The van der Waals surface area contributed by atoms with Crippen LogP contribution >= 0.6 is 11.3 Å². The molecule has 2 amide bonds. The summed E-state index contributed by atoms with van der Waals surface area (Å²) in [5.41, 5.74) is 4.04. The summed E-state index contributed by atoms with van der Waals surface area (Å²) in [5, 5.41) is 6.69. The molecule has 1 atom stereocenters. The molecule has 2 N–H and O–H groups in total. The van der Waals surface area contributed by atoms with Crippen molar-refractivity contribution in [1.29, 1.82) is 0 Å². The maximum atomic E-state index is 13.0. The standard InChI is InChI=1S/C17H16FN3O2S/c1-10-13(16(22)21-20-10)8-9-19-17(23)15-7-6-14(24-15)11-2-4-12(18)5-3-11/h2-7,13H,8-9H2,1H3,(H,19,23)(H,21,22)/t13-/m0/s1. The molecule has 3 rings (SSSR count). The number of hydrogen-bond donors (Lipinski definition) is 2. The number of halogens is 1. The SMILES string of the molecule is CC1=NNC(=O)[C@H]1CCNC(=O)c1ccc(-c2ccc(F)cc2)s1. The summed E-state index contributed by atoms with van der Waals surface area (Å²) < 4.78 is 13.0. The number of hydrogen-bond acceptors (Lipinski definition) is 4. The smallest absolute Gasteiger partial charge is 0.261 e. The van der Waals surface area contributed by atoms with E-state index in [9.17, 15) is 14.0 Å². The zero-order valence-electron chi connectivity index (χ0n) is 13.0. The Morgan fingerprint density at radius 1 is 1.29 bits per heavy atom. The summed E-state index contributed by atoms with van der Waals surface area (Å²) in [6.07, 6.45) is 0.517. The van der Waals surface area contributed by atoms with Crippen LogP contribution in [0.4, 0.5) is 4.39 Å². The van der Waals surface area contributed by atoms with Gasteiger partial charge in [-0.3, -0.25) is 9.59 Å². The fourth-order valence-corrected chi connectivity index (χ4v) is 3.40. The predicted molar refractivity (Wildman–Crippen MR) is 91.4 cm³/mol. The summed E-state index contributed by atoms with van der Waals surface area (Å²) in [6.45, 7) is 2.19. The molecule has 0 bridgehead atoms. The third kappa shape index (κ3) is 3.51. The highest BCUT2D eigenvalue weighted by molar-refractivity contribution is 7.17. The van der Waals surface area contributed by atoms with Crippen molar-refractivity contribution in [2.75, 3.05) is 6.54 Å². The molecular weight excluding hydrogens is 329 g/mol. The number of nitrogens with zero attached hydrogens (tertiary/aromatic N) is 1. The molecule has 124 valence electrons. The first-order valence-electron chi connectivity index (χ1n) is 7.52. The van der Waals surface area contributed by atoms with Crippen LogP contribution in [0.15, 0.2) is 41.5 Å². The van der Waals surface area contributed by atoms with Gasteiger partial charge in [0.05, 0.1) is 10.8 Å². The molecule has 1 aromatic heterocycles. The fourth-order valence-electron chi connectivity index (χ4n) is 2.48. The zero-order chi connectivity index (χ0) is 17.1. The Kier molecular flexibility index (Phi) is 4.71. The minimum Gasteiger partial charge on any atom is -0.351 e. The fraction of sp³-hybridized carbons (Fsp3) is 0.235. The van der Waals surface area contributed by atoms with Gasteiger partial charge in [0.25, 0.3) is 5.91 Å². The second-order valence-corrected chi connectivity index (χ2v) is 6.58. The van der Waals surface area contributed by atoms with Crippen LogP contribution in [0.5, 0.6) is 0 Å². The molecule has 2 heterocycles. The molecule has 0 unspecified atom stereocenters. The van der Waals surface area contributed by atoms with Gasteiger partial charge >= 0.3 is 0 Å². The molecule has 1 aliphatic heterocycles. The molecule has 0 saturated heterocycles. The first kappa shape index (κ1) is 16.3. The molecule has 0 fully saturated rings. The first-order chi connectivity index (χ1) is 11.5. The van der Waals surface area contributed by atoms with E-state index in [0.29, 0.717) is 17.8 Å². The number of benzene rings is 1. The van der Waals surface area contributed by atoms with Gasteiger partial charge in [0.2, 0.25) is 5.91 Å². The topological polar surface area (TPSA) is 70.6 Å². The van der Waals surface area contributed by atoms with E-state index >= 15 is 0 Å². The minimum absolute atomic E-state index is 0.128. The Morgan fingerprint density at radius 3 is 2.71 bits per heavy atom. The van der Waals surface area contributed by atoms with Crippen LogP contribution < -0.4 is 10.7 Å². The molecule has 24 heavy (non-hydrogen) atoms. The van der Waals surface area contributed by atoms with Gasteiger partial charge in [0, 0.05) is 17.1 Å². The van der Waals surface area contributed by atoms with Crippen molar-refractivity contribution in [2.24, 2.45) is 11.0 Å². The van der Waals surface area contributed by atoms with Gasteiger partial charge in [-0.05, 0) is 43.2 Å². The van der Waals surface area contributed by atoms with E-state index < -0.39 is 0 Å². The first-order valence-corrected chi connectivity index (χ1v) is 8.34. The van der Waals surface area contributed by atoms with Crippen LogP contribution in [0.2, 0.25) is 0 Å². The van der Waals surface area contributed by atoms with E-state index in [0.717, 1.165) is 16.2 Å². The number of thiophene rings is 1. The number of nitrogens with one attached hydrogen (secondary N) is 2. The zero-order valence-corrected chi connectivity index (χ0v) is 13.8. The summed E-state index contributed by atoms with van der Waals surface area (Å²) in [4.78, 5) is 25.2. The lowest BCUT2D eigenvalue weighted by molar-refractivity contribution is -0.122. The maximum absolute atomic E-state index is 13.0. The lowest BCUT2D eigenvalue weighted by Crippen LogP contribution is -2.29. The van der Waals surface area contributed by atoms with E-state index in [1.54, 1.807) is 25.1 Å². The molecule has 7 heteroatoms. The number of hydrazone groups is 1. The summed E-state index contributed by atoms with van der Waals surface area (Å²) >= 11 is 1.35. The van der Waals surface area contributed by atoms with Gasteiger partial charge in [0.15, 0.2) is 0 Å². The van der Waals surface area contributed by atoms with Crippen molar-refractivity contribution < 1.29 is 14.0 Å². The van der Waals surface area contributed by atoms with Crippen molar-refractivity contribution in [1.82, 2.24) is 10.7 Å². The quantitative estimate of drug-likeness (QED) is 0.875. The monoisotopic (exact) mass is 345 g/mol. The molecule has 1 aliphatic rings. The summed E-state index contributed by atoms with van der Waals surface area (Å²) in [7, 11) is 0. The molecule has 0 radical (unpaired) electrons. The normalized spacial score (nSPS) is 16.7. The van der Waals surface area contributed by atoms with Gasteiger partial charge < -0.3 is 5.32 Å². The maximum Gasteiger partial charge on any atom is 0.261 e. The molecule has 1 aromatic carbocycles. The average molecular weight is 345 g/mol. The Balaban J connectivity index is 1.57. The van der Waals surface area contributed by atoms with Crippen molar-refractivity contribution in [2.45, 2.75) is 13.3 Å². The van der Waals surface area contributed by atoms with E-state index in [4.69, 9.17) is 0 Å². The highest BCUT2D eigenvalue weighted by Gasteiger charge is 2.26. The molecule has 0 spiro atoms. The Hall–Kier alpha value is -2.54. The van der Waals surface area contributed by atoms with E-state index in [2.05, 4.69) is 15.8 Å². The van der Waals surface area contributed by atoms with Gasteiger partial charge in [-0.25, -0.2) is 9.82 Å². The Labute approximate surface area is 142 Å². The van der Waals surface area contributed by atoms with Gasteiger partial charge in [-0.2, -0.15) is 5.10 Å². The van der Waals surface area contributed by atoms with Crippen LogP contribution in [-0.4, -0.2) is 24.1 Å². The molecule has 5 nitrogen and oxygen atoms in total.